The standard InChI is InChI=1S/C14H12BrN3O/c15-13-5-1-3-11(7-13)10-17-18-14(19)8-12-4-2-6-16-9-12/h1-7,9-10H,8H2,(H,18,19)/p+1. The van der Waals surface area contributed by atoms with Gasteiger partial charge in [0, 0.05) is 16.1 Å². The van der Waals surface area contributed by atoms with Crippen molar-refractivity contribution in [2.24, 2.45) is 5.10 Å². The molecule has 96 valence electrons. The molecular weight excluding hydrogens is 306 g/mol. The molecule has 0 aliphatic rings. The third-order valence-corrected chi connectivity index (χ3v) is 2.88. The number of benzene rings is 1. The van der Waals surface area contributed by atoms with Crippen LogP contribution in [0.5, 0.6) is 0 Å². The number of rotatable bonds is 4. The van der Waals surface area contributed by atoms with Gasteiger partial charge in [0.2, 0.25) is 5.91 Å². The molecular formula is C14H13BrN3O+. The van der Waals surface area contributed by atoms with Gasteiger partial charge in [-0.2, -0.15) is 5.10 Å². The van der Waals surface area contributed by atoms with Crippen molar-refractivity contribution in [1.29, 1.82) is 0 Å². The minimum Gasteiger partial charge on any atom is -0.273 e. The third-order valence-electron chi connectivity index (χ3n) is 2.39. The number of hydrogen-bond acceptors (Lipinski definition) is 2. The lowest BCUT2D eigenvalue weighted by Gasteiger charge is -1.98. The van der Waals surface area contributed by atoms with Crippen LogP contribution in [0.1, 0.15) is 11.1 Å². The van der Waals surface area contributed by atoms with Crippen molar-refractivity contribution >= 4 is 28.1 Å². The number of amides is 1. The molecule has 4 nitrogen and oxygen atoms in total. The summed E-state index contributed by atoms with van der Waals surface area (Å²) < 4.78 is 0.975. The van der Waals surface area contributed by atoms with Gasteiger partial charge in [0.1, 0.15) is 0 Å². The summed E-state index contributed by atoms with van der Waals surface area (Å²) in [5, 5.41) is 3.92. The predicted molar refractivity (Wildman–Crippen MR) is 76.6 cm³/mol. The Kier molecular flexibility index (Phi) is 4.80. The fraction of sp³-hybridized carbons (Fsp3) is 0.0714. The fourth-order valence-electron chi connectivity index (χ4n) is 1.53. The Labute approximate surface area is 119 Å². The monoisotopic (exact) mass is 318 g/mol. The second kappa shape index (κ2) is 6.80. The molecule has 0 radical (unpaired) electrons. The summed E-state index contributed by atoms with van der Waals surface area (Å²) in [5.74, 6) is -0.147. The van der Waals surface area contributed by atoms with Gasteiger partial charge < -0.3 is 0 Å². The van der Waals surface area contributed by atoms with Crippen LogP contribution in [0.4, 0.5) is 0 Å². The number of nitrogens with one attached hydrogen (secondary N) is 2. The summed E-state index contributed by atoms with van der Waals surface area (Å²) in [6, 6.07) is 11.4. The molecule has 0 spiro atoms. The lowest BCUT2D eigenvalue weighted by Crippen LogP contribution is -2.20. The molecule has 0 aliphatic carbocycles. The molecule has 1 aromatic carbocycles. The lowest BCUT2D eigenvalue weighted by molar-refractivity contribution is -0.378. The first kappa shape index (κ1) is 13.4. The third kappa shape index (κ3) is 4.63. The van der Waals surface area contributed by atoms with Crippen molar-refractivity contribution in [2.75, 3.05) is 0 Å². The van der Waals surface area contributed by atoms with Gasteiger partial charge >= 0.3 is 0 Å². The zero-order valence-corrected chi connectivity index (χ0v) is 11.7. The van der Waals surface area contributed by atoms with Crippen molar-refractivity contribution in [2.45, 2.75) is 6.42 Å². The zero-order valence-electron chi connectivity index (χ0n) is 10.1. The Morgan fingerprint density at radius 3 is 3.00 bits per heavy atom. The number of carbonyl (C=O) groups is 1. The molecule has 2 N–H and O–H groups in total. The highest BCUT2D eigenvalue weighted by molar-refractivity contribution is 9.10. The number of carbonyl (C=O) groups excluding carboxylic acids is 1. The van der Waals surface area contributed by atoms with E-state index < -0.39 is 0 Å². The minimum atomic E-state index is -0.147. The van der Waals surface area contributed by atoms with Crippen molar-refractivity contribution < 1.29 is 9.78 Å². The van der Waals surface area contributed by atoms with E-state index in [4.69, 9.17) is 0 Å². The molecule has 5 heteroatoms. The number of hydrogen-bond donors (Lipinski definition) is 1. The maximum Gasteiger partial charge on any atom is 0.244 e. The van der Waals surface area contributed by atoms with E-state index in [1.54, 1.807) is 18.6 Å². The highest BCUT2D eigenvalue weighted by Gasteiger charge is 2.03. The van der Waals surface area contributed by atoms with E-state index in [2.05, 4.69) is 31.4 Å². The van der Waals surface area contributed by atoms with Gasteiger partial charge in [-0.1, -0.05) is 28.1 Å². The largest absolute Gasteiger partial charge is 0.273 e. The number of hydrazone groups is 1. The topological polar surface area (TPSA) is 55.6 Å². The first-order valence-electron chi connectivity index (χ1n) is 5.76. The molecule has 0 fully saturated rings. The van der Waals surface area contributed by atoms with Crippen LogP contribution in [0.15, 0.2) is 58.4 Å². The number of nitrogens with zero attached hydrogens (tertiary/aromatic N) is 1. The number of halogens is 1. The second-order valence-corrected chi connectivity index (χ2v) is 4.85. The summed E-state index contributed by atoms with van der Waals surface area (Å²) in [6.07, 6.45) is 5.50. The van der Waals surface area contributed by atoms with Crippen LogP contribution in [0, 0.1) is 0 Å². The van der Waals surface area contributed by atoms with Gasteiger partial charge in [-0.25, -0.2) is 10.4 Å². The molecule has 1 amide bonds. The van der Waals surface area contributed by atoms with Gasteiger partial charge in [0.05, 0.1) is 12.6 Å². The van der Waals surface area contributed by atoms with Gasteiger partial charge in [-0.3, -0.25) is 4.79 Å². The second-order valence-electron chi connectivity index (χ2n) is 3.94. The van der Waals surface area contributed by atoms with E-state index in [-0.39, 0.29) is 5.91 Å². The highest BCUT2D eigenvalue weighted by atomic mass is 79.9. The maximum atomic E-state index is 11.6. The Bertz CT molecular complexity index is 584. The van der Waals surface area contributed by atoms with Gasteiger partial charge in [0.15, 0.2) is 12.4 Å². The summed E-state index contributed by atoms with van der Waals surface area (Å²) in [6.45, 7) is 0. The van der Waals surface area contributed by atoms with Gasteiger partial charge in [-0.05, 0) is 23.8 Å². The first-order valence-corrected chi connectivity index (χ1v) is 6.56. The Morgan fingerprint density at radius 1 is 1.37 bits per heavy atom. The number of H-pyrrole nitrogens is 1. The maximum absolute atomic E-state index is 11.6. The normalized spacial score (nSPS) is 10.6. The van der Waals surface area contributed by atoms with Crippen molar-refractivity contribution in [1.82, 2.24) is 5.43 Å². The van der Waals surface area contributed by atoms with Crippen molar-refractivity contribution in [3.05, 3.63) is 64.4 Å². The van der Waals surface area contributed by atoms with Gasteiger partial charge in [-0.15, -0.1) is 0 Å². The van der Waals surface area contributed by atoms with Crippen LogP contribution in [-0.2, 0) is 11.2 Å². The number of pyridine rings is 1. The summed E-state index contributed by atoms with van der Waals surface area (Å²) in [5.41, 5.74) is 4.33. The van der Waals surface area contributed by atoms with E-state index in [0.29, 0.717) is 6.42 Å². The predicted octanol–water partition coefficient (Wildman–Crippen LogP) is 1.96. The average Bonchev–Trinajstić information content (AvgIpc) is 2.40. The van der Waals surface area contributed by atoms with E-state index in [1.165, 1.54) is 0 Å². The Hall–Kier alpha value is -2.01. The molecule has 2 rings (SSSR count). The Balaban J connectivity index is 1.87. The van der Waals surface area contributed by atoms with Crippen LogP contribution in [0.3, 0.4) is 0 Å². The quantitative estimate of drug-likeness (QED) is 0.680. The summed E-state index contributed by atoms with van der Waals surface area (Å²) >= 11 is 3.37. The highest BCUT2D eigenvalue weighted by Crippen LogP contribution is 2.09. The number of aromatic nitrogens is 1. The van der Waals surface area contributed by atoms with Crippen molar-refractivity contribution in [3.63, 3.8) is 0 Å². The molecule has 0 aliphatic heterocycles. The molecule has 19 heavy (non-hydrogen) atoms. The lowest BCUT2D eigenvalue weighted by atomic mass is 10.2. The average molecular weight is 319 g/mol. The fourth-order valence-corrected chi connectivity index (χ4v) is 1.95. The van der Waals surface area contributed by atoms with E-state index >= 15 is 0 Å². The number of aromatic amines is 1. The molecule has 0 bridgehead atoms. The molecule has 0 atom stereocenters. The molecule has 0 unspecified atom stereocenters. The van der Waals surface area contributed by atoms with Crippen LogP contribution in [0.2, 0.25) is 0 Å². The molecule has 2 aromatic rings. The Morgan fingerprint density at radius 2 is 2.26 bits per heavy atom. The van der Waals surface area contributed by atoms with E-state index in [0.717, 1.165) is 15.6 Å². The molecule has 1 aromatic heterocycles. The van der Waals surface area contributed by atoms with Crippen molar-refractivity contribution in [3.8, 4) is 0 Å². The van der Waals surface area contributed by atoms with Crippen LogP contribution in [-0.4, -0.2) is 12.1 Å². The molecule has 1 heterocycles. The zero-order chi connectivity index (χ0) is 13.5. The molecule has 0 saturated heterocycles. The van der Waals surface area contributed by atoms with Crippen LogP contribution < -0.4 is 10.4 Å². The van der Waals surface area contributed by atoms with Gasteiger partial charge in [0.25, 0.3) is 0 Å². The smallest absolute Gasteiger partial charge is 0.244 e. The minimum absolute atomic E-state index is 0.147. The summed E-state index contributed by atoms with van der Waals surface area (Å²) in [4.78, 5) is 14.6. The first-order chi connectivity index (χ1) is 9.24. The van der Waals surface area contributed by atoms with Crippen LogP contribution >= 0.6 is 15.9 Å². The SMILES string of the molecule is O=C(Cc1ccc[nH+]c1)NN=Cc1cccc(Br)c1. The summed E-state index contributed by atoms with van der Waals surface area (Å²) in [7, 11) is 0. The van der Waals surface area contributed by atoms with E-state index in [9.17, 15) is 4.79 Å². The van der Waals surface area contributed by atoms with E-state index in [1.807, 2.05) is 36.4 Å². The van der Waals surface area contributed by atoms with Crippen LogP contribution in [0.25, 0.3) is 0 Å². The molecule has 0 saturated carbocycles.